The van der Waals surface area contributed by atoms with Crippen LogP contribution in [0.4, 0.5) is 0 Å². The Morgan fingerprint density at radius 1 is 1.18 bits per heavy atom. The van der Waals surface area contributed by atoms with Gasteiger partial charge in [-0.3, -0.25) is 9.69 Å². The minimum Gasteiger partial charge on any atom is -0.355 e. The highest BCUT2D eigenvalue weighted by Gasteiger charge is 2.26. The van der Waals surface area contributed by atoms with Gasteiger partial charge in [-0.25, -0.2) is 0 Å². The molecule has 1 fully saturated rings. The predicted octanol–water partition coefficient (Wildman–Crippen LogP) is 4.62. The molecule has 1 aliphatic heterocycles. The number of carbonyl (C=O) groups is 1. The number of nitrogens with zero attached hydrogens (tertiary/aromatic N) is 3. The van der Waals surface area contributed by atoms with Crippen molar-refractivity contribution in [1.82, 2.24) is 20.4 Å². The molecule has 2 heterocycles. The van der Waals surface area contributed by atoms with E-state index in [0.717, 1.165) is 48.6 Å². The van der Waals surface area contributed by atoms with E-state index in [0.29, 0.717) is 24.8 Å². The minimum atomic E-state index is 0.0135. The van der Waals surface area contributed by atoms with Crippen molar-refractivity contribution in [2.75, 3.05) is 25.4 Å². The third-order valence-corrected chi connectivity index (χ3v) is 7.05. The lowest BCUT2D eigenvalue weighted by molar-refractivity contribution is -0.126. The summed E-state index contributed by atoms with van der Waals surface area (Å²) in [5.41, 5.74) is 4.72. The molecule has 4 rings (SSSR count). The number of amides is 1. The van der Waals surface area contributed by atoms with Crippen LogP contribution in [0.15, 0.2) is 53.1 Å². The second-order valence-electron chi connectivity index (χ2n) is 8.73. The van der Waals surface area contributed by atoms with Crippen LogP contribution >= 0.6 is 11.8 Å². The van der Waals surface area contributed by atoms with E-state index in [1.165, 1.54) is 11.1 Å². The first-order valence-corrected chi connectivity index (χ1v) is 12.8. The van der Waals surface area contributed by atoms with Crippen LogP contribution in [0.3, 0.4) is 0 Å². The summed E-state index contributed by atoms with van der Waals surface area (Å²) in [5, 5.41) is 7.28. The molecule has 3 aromatic rings. The highest BCUT2D eigenvalue weighted by atomic mass is 32.2. The largest absolute Gasteiger partial charge is 0.355 e. The number of piperidine rings is 1. The smallest absolute Gasteiger partial charge is 0.241 e. The highest BCUT2D eigenvalue weighted by molar-refractivity contribution is 7.98. The minimum absolute atomic E-state index is 0.0135. The van der Waals surface area contributed by atoms with Crippen LogP contribution in [-0.4, -0.2) is 46.3 Å². The first-order valence-electron chi connectivity index (χ1n) is 11.6. The molecular weight excluding hydrogens is 432 g/mol. The fraction of sp³-hybridized carbons (Fsp3) is 0.423. The van der Waals surface area contributed by atoms with Crippen molar-refractivity contribution in [3.05, 3.63) is 71.1 Å². The molecule has 1 aliphatic rings. The molecule has 6 nitrogen and oxygen atoms in total. The van der Waals surface area contributed by atoms with Gasteiger partial charge in [0.25, 0.3) is 0 Å². The van der Waals surface area contributed by atoms with Gasteiger partial charge in [0.05, 0.1) is 12.5 Å². The molecular formula is C26H32N4O2S. The van der Waals surface area contributed by atoms with Crippen molar-refractivity contribution >= 4 is 17.7 Å². The van der Waals surface area contributed by atoms with Gasteiger partial charge >= 0.3 is 0 Å². The second-order valence-corrected chi connectivity index (χ2v) is 9.84. The van der Waals surface area contributed by atoms with E-state index in [9.17, 15) is 4.79 Å². The first-order chi connectivity index (χ1) is 16.1. The van der Waals surface area contributed by atoms with Gasteiger partial charge in [-0.05, 0) is 44.4 Å². The van der Waals surface area contributed by atoms with E-state index in [1.54, 1.807) is 0 Å². The van der Waals surface area contributed by atoms with Crippen LogP contribution < -0.4 is 5.32 Å². The van der Waals surface area contributed by atoms with Crippen molar-refractivity contribution in [1.29, 1.82) is 0 Å². The maximum atomic E-state index is 12.7. The van der Waals surface area contributed by atoms with Crippen LogP contribution in [0.5, 0.6) is 0 Å². The van der Waals surface area contributed by atoms with Gasteiger partial charge in [-0.2, -0.15) is 16.7 Å². The number of nitrogens with one attached hydrogen (secondary N) is 1. The highest BCUT2D eigenvalue weighted by Crippen LogP contribution is 2.22. The number of likely N-dealkylation sites (tertiary alicyclic amines) is 1. The molecule has 2 aromatic carbocycles. The van der Waals surface area contributed by atoms with Gasteiger partial charge in [0.15, 0.2) is 0 Å². The molecule has 33 heavy (non-hydrogen) atoms. The molecule has 0 bridgehead atoms. The Morgan fingerprint density at radius 2 is 2.00 bits per heavy atom. The molecule has 1 saturated heterocycles. The van der Waals surface area contributed by atoms with Gasteiger partial charge in [0.2, 0.25) is 17.6 Å². The Balaban J connectivity index is 1.20. The van der Waals surface area contributed by atoms with Crippen molar-refractivity contribution in [3.63, 3.8) is 0 Å². The Morgan fingerprint density at radius 3 is 2.82 bits per heavy atom. The number of carbonyl (C=O) groups excluding carboxylic acids is 1. The summed E-state index contributed by atoms with van der Waals surface area (Å²) in [6.45, 7) is 7.09. The molecule has 0 radical (unpaired) electrons. The van der Waals surface area contributed by atoms with Gasteiger partial charge in [0, 0.05) is 30.2 Å². The van der Waals surface area contributed by atoms with Crippen molar-refractivity contribution in [3.8, 4) is 11.4 Å². The zero-order chi connectivity index (χ0) is 23.0. The summed E-state index contributed by atoms with van der Waals surface area (Å²) in [7, 11) is 0. The lowest BCUT2D eigenvalue weighted by Gasteiger charge is -2.30. The molecule has 1 unspecified atom stereocenters. The number of hydrogen-bond donors (Lipinski definition) is 1. The van der Waals surface area contributed by atoms with E-state index in [4.69, 9.17) is 4.52 Å². The van der Waals surface area contributed by atoms with Crippen molar-refractivity contribution in [2.45, 2.75) is 39.0 Å². The normalized spacial score (nSPS) is 16.6. The number of rotatable bonds is 9. The number of thioether (sulfide) groups is 1. The van der Waals surface area contributed by atoms with Crippen LogP contribution in [0.25, 0.3) is 11.4 Å². The number of benzene rings is 2. The second kappa shape index (κ2) is 11.5. The Kier molecular flexibility index (Phi) is 8.18. The maximum Gasteiger partial charge on any atom is 0.241 e. The van der Waals surface area contributed by atoms with E-state index in [-0.39, 0.29) is 11.8 Å². The third-order valence-electron chi connectivity index (χ3n) is 6.02. The average Bonchev–Trinajstić information content (AvgIpc) is 3.28. The predicted molar refractivity (Wildman–Crippen MR) is 133 cm³/mol. The van der Waals surface area contributed by atoms with Crippen molar-refractivity contribution < 1.29 is 9.32 Å². The molecule has 0 aliphatic carbocycles. The zero-order valence-corrected chi connectivity index (χ0v) is 20.2. The van der Waals surface area contributed by atoms with E-state index >= 15 is 0 Å². The molecule has 1 aromatic heterocycles. The van der Waals surface area contributed by atoms with E-state index in [2.05, 4.69) is 51.5 Å². The van der Waals surface area contributed by atoms with Crippen LogP contribution in [0, 0.1) is 19.8 Å². The standard InChI is InChI=1S/C26H32N4O2S/c1-19-9-11-21(12-10-19)18-33-15-13-27-26(31)22-7-5-14-30(16-22)17-24-28-25(29-32-24)23-8-4-3-6-20(23)2/h3-4,6,8-12,22H,5,7,13-18H2,1-2H3,(H,27,31). The summed E-state index contributed by atoms with van der Waals surface area (Å²) in [6, 6.07) is 16.7. The Bertz CT molecular complexity index is 1050. The average molecular weight is 465 g/mol. The fourth-order valence-electron chi connectivity index (χ4n) is 4.12. The molecule has 174 valence electrons. The summed E-state index contributed by atoms with van der Waals surface area (Å²) in [6.07, 6.45) is 1.93. The molecule has 1 atom stereocenters. The van der Waals surface area contributed by atoms with Gasteiger partial charge in [-0.1, -0.05) is 59.3 Å². The lowest BCUT2D eigenvalue weighted by atomic mass is 9.97. The fourth-order valence-corrected chi connectivity index (χ4v) is 4.94. The number of aromatic nitrogens is 2. The first kappa shape index (κ1) is 23.5. The monoisotopic (exact) mass is 464 g/mol. The molecule has 1 amide bonds. The molecule has 7 heteroatoms. The summed E-state index contributed by atoms with van der Waals surface area (Å²) in [5.74, 6) is 3.28. The van der Waals surface area contributed by atoms with Crippen LogP contribution in [0.2, 0.25) is 0 Å². The summed E-state index contributed by atoms with van der Waals surface area (Å²) < 4.78 is 5.50. The zero-order valence-electron chi connectivity index (χ0n) is 19.4. The quantitative estimate of drug-likeness (QED) is 0.466. The van der Waals surface area contributed by atoms with Gasteiger partial charge < -0.3 is 9.84 Å². The van der Waals surface area contributed by atoms with Crippen molar-refractivity contribution in [2.24, 2.45) is 5.92 Å². The topological polar surface area (TPSA) is 71.3 Å². The van der Waals surface area contributed by atoms with E-state index < -0.39 is 0 Å². The van der Waals surface area contributed by atoms with E-state index in [1.807, 2.05) is 43.0 Å². The Labute approximate surface area is 200 Å². The summed E-state index contributed by atoms with van der Waals surface area (Å²) >= 11 is 1.85. The lowest BCUT2D eigenvalue weighted by Crippen LogP contribution is -2.43. The third kappa shape index (κ3) is 6.68. The SMILES string of the molecule is Cc1ccc(CSCCNC(=O)C2CCCN(Cc3nc(-c4ccccc4C)no3)C2)cc1. The summed E-state index contributed by atoms with van der Waals surface area (Å²) in [4.78, 5) is 19.5. The van der Waals surface area contributed by atoms with Gasteiger partial charge in [0.1, 0.15) is 0 Å². The van der Waals surface area contributed by atoms with Crippen LogP contribution in [0.1, 0.15) is 35.4 Å². The molecule has 1 N–H and O–H groups in total. The molecule has 0 spiro atoms. The van der Waals surface area contributed by atoms with Gasteiger partial charge in [-0.15, -0.1) is 0 Å². The number of aryl methyl sites for hydroxylation is 2. The Hall–Kier alpha value is -2.64. The maximum absolute atomic E-state index is 12.7. The van der Waals surface area contributed by atoms with Crippen LogP contribution in [-0.2, 0) is 17.1 Å². The number of hydrogen-bond acceptors (Lipinski definition) is 6. The molecule has 0 saturated carbocycles.